The van der Waals surface area contributed by atoms with Gasteiger partial charge in [0.25, 0.3) is 0 Å². The van der Waals surface area contributed by atoms with E-state index in [9.17, 15) is 9.90 Å². The van der Waals surface area contributed by atoms with Crippen molar-refractivity contribution in [3.8, 4) is 17.0 Å². The maximum absolute atomic E-state index is 12.5. The highest BCUT2D eigenvalue weighted by Crippen LogP contribution is 2.33. The smallest absolute Gasteiger partial charge is 0.338 e. The van der Waals surface area contributed by atoms with Crippen molar-refractivity contribution in [3.63, 3.8) is 0 Å². The summed E-state index contributed by atoms with van der Waals surface area (Å²) in [6.07, 6.45) is 0. The number of nitrogens with zero attached hydrogens (tertiary/aromatic N) is 3. The first-order chi connectivity index (χ1) is 16.6. The SMILES string of the molecule is CCOC(=O)c1cc(-c2ccc(N=Nc3ccc(O)c4ccccc34)cc2)nc2ccccc12. The molecule has 0 unspecified atom stereocenters. The summed E-state index contributed by atoms with van der Waals surface area (Å²) in [6.45, 7) is 2.09. The highest BCUT2D eigenvalue weighted by Gasteiger charge is 2.14. The van der Waals surface area contributed by atoms with Gasteiger partial charge in [-0.1, -0.05) is 54.6 Å². The van der Waals surface area contributed by atoms with Crippen LogP contribution in [0.3, 0.4) is 0 Å². The lowest BCUT2D eigenvalue weighted by Gasteiger charge is -2.09. The van der Waals surface area contributed by atoms with E-state index in [2.05, 4.69) is 10.2 Å². The van der Waals surface area contributed by atoms with Crippen molar-refractivity contribution >= 4 is 39.0 Å². The Labute approximate surface area is 196 Å². The normalized spacial score (nSPS) is 11.3. The second kappa shape index (κ2) is 9.11. The second-order valence-corrected chi connectivity index (χ2v) is 7.69. The molecule has 1 aromatic heterocycles. The summed E-state index contributed by atoms with van der Waals surface area (Å²) < 4.78 is 5.25. The van der Waals surface area contributed by atoms with Crippen molar-refractivity contribution in [2.75, 3.05) is 6.61 Å². The van der Waals surface area contributed by atoms with E-state index < -0.39 is 0 Å². The molecule has 6 heteroatoms. The van der Waals surface area contributed by atoms with Gasteiger partial charge in [-0.05, 0) is 43.3 Å². The van der Waals surface area contributed by atoms with Gasteiger partial charge in [-0.15, -0.1) is 5.11 Å². The van der Waals surface area contributed by atoms with Gasteiger partial charge in [0.1, 0.15) is 5.75 Å². The number of ether oxygens (including phenoxy) is 1. The van der Waals surface area contributed by atoms with Crippen LogP contribution in [-0.2, 0) is 4.74 Å². The minimum absolute atomic E-state index is 0.212. The standard InChI is InChI=1S/C28H21N3O3/c1-2-34-28(33)23-17-26(29-24-10-6-5-8-21(23)24)18-11-13-19(14-12-18)30-31-25-15-16-27(32)22-9-4-3-7-20(22)25/h3-17,32H,2H2,1H3. The molecule has 5 rings (SSSR count). The summed E-state index contributed by atoms with van der Waals surface area (Å²) in [5.41, 5.74) is 4.09. The molecule has 1 N–H and O–H groups in total. The first-order valence-corrected chi connectivity index (χ1v) is 10.9. The van der Waals surface area contributed by atoms with Crippen LogP contribution in [0.4, 0.5) is 11.4 Å². The van der Waals surface area contributed by atoms with Crippen molar-refractivity contribution in [1.29, 1.82) is 0 Å². The lowest BCUT2D eigenvalue weighted by molar-refractivity contribution is 0.0528. The quantitative estimate of drug-likeness (QED) is 0.225. The highest BCUT2D eigenvalue weighted by molar-refractivity contribution is 6.04. The van der Waals surface area contributed by atoms with E-state index in [-0.39, 0.29) is 11.7 Å². The number of phenols is 1. The zero-order valence-corrected chi connectivity index (χ0v) is 18.5. The molecule has 0 saturated heterocycles. The number of esters is 1. The lowest BCUT2D eigenvalue weighted by Crippen LogP contribution is -2.06. The van der Waals surface area contributed by atoms with Crippen molar-refractivity contribution < 1.29 is 14.6 Å². The Morgan fingerprint density at radius 1 is 0.853 bits per heavy atom. The van der Waals surface area contributed by atoms with Crippen LogP contribution >= 0.6 is 0 Å². The number of aromatic hydroxyl groups is 1. The summed E-state index contributed by atoms with van der Waals surface area (Å²) in [5, 5.41) is 21.1. The Hall–Kier alpha value is -4.58. The van der Waals surface area contributed by atoms with Crippen LogP contribution in [-0.4, -0.2) is 22.7 Å². The zero-order chi connectivity index (χ0) is 23.5. The third-order valence-electron chi connectivity index (χ3n) is 5.53. The monoisotopic (exact) mass is 447 g/mol. The summed E-state index contributed by atoms with van der Waals surface area (Å²) in [6, 6.07) is 27.7. The summed E-state index contributed by atoms with van der Waals surface area (Å²) in [4.78, 5) is 17.3. The predicted octanol–water partition coefficient (Wildman–Crippen LogP) is 7.35. The summed E-state index contributed by atoms with van der Waals surface area (Å²) in [7, 11) is 0. The molecule has 166 valence electrons. The Morgan fingerprint density at radius 2 is 1.56 bits per heavy atom. The largest absolute Gasteiger partial charge is 0.507 e. The number of rotatable bonds is 5. The molecule has 0 aliphatic carbocycles. The molecule has 0 aliphatic heterocycles. The third kappa shape index (κ3) is 4.09. The van der Waals surface area contributed by atoms with Crippen molar-refractivity contribution in [1.82, 2.24) is 4.98 Å². The molecule has 4 aromatic carbocycles. The number of hydrogen-bond acceptors (Lipinski definition) is 6. The molecule has 6 nitrogen and oxygen atoms in total. The van der Waals surface area contributed by atoms with Gasteiger partial charge >= 0.3 is 5.97 Å². The van der Waals surface area contributed by atoms with Gasteiger partial charge in [0.2, 0.25) is 0 Å². The molecule has 0 spiro atoms. The molecule has 0 aliphatic rings. The zero-order valence-electron chi connectivity index (χ0n) is 18.5. The number of carbonyl (C=O) groups excluding carboxylic acids is 1. The number of phenolic OH excluding ortho intramolecular Hbond substituents is 1. The van der Waals surface area contributed by atoms with Crippen LogP contribution in [0.5, 0.6) is 5.75 Å². The van der Waals surface area contributed by atoms with Gasteiger partial charge in [0, 0.05) is 21.7 Å². The average molecular weight is 447 g/mol. The molecular weight excluding hydrogens is 426 g/mol. The molecule has 0 bridgehead atoms. The first-order valence-electron chi connectivity index (χ1n) is 10.9. The molecule has 0 radical (unpaired) electrons. The number of carbonyl (C=O) groups is 1. The van der Waals surface area contributed by atoms with Gasteiger partial charge in [-0.25, -0.2) is 9.78 Å². The molecular formula is C28H21N3O3. The Balaban J connectivity index is 1.47. The number of benzene rings is 4. The highest BCUT2D eigenvalue weighted by atomic mass is 16.5. The number of aromatic nitrogens is 1. The fraction of sp³-hybridized carbons (Fsp3) is 0.0714. The maximum atomic E-state index is 12.5. The topological polar surface area (TPSA) is 84.1 Å². The number of hydrogen-bond donors (Lipinski definition) is 1. The van der Waals surface area contributed by atoms with Crippen molar-refractivity contribution in [2.24, 2.45) is 10.2 Å². The van der Waals surface area contributed by atoms with E-state index in [1.807, 2.05) is 72.8 Å². The van der Waals surface area contributed by atoms with E-state index in [1.54, 1.807) is 25.1 Å². The van der Waals surface area contributed by atoms with Gasteiger partial charge < -0.3 is 9.84 Å². The number of azo groups is 1. The Bertz CT molecular complexity index is 1540. The van der Waals surface area contributed by atoms with E-state index >= 15 is 0 Å². The third-order valence-corrected chi connectivity index (χ3v) is 5.53. The summed E-state index contributed by atoms with van der Waals surface area (Å²) in [5.74, 6) is -0.155. The lowest BCUT2D eigenvalue weighted by atomic mass is 10.0. The van der Waals surface area contributed by atoms with Gasteiger partial charge in [-0.2, -0.15) is 5.11 Å². The summed E-state index contributed by atoms with van der Waals surface area (Å²) >= 11 is 0. The van der Waals surface area contributed by atoms with Crippen molar-refractivity contribution in [2.45, 2.75) is 6.92 Å². The van der Waals surface area contributed by atoms with E-state index in [1.165, 1.54) is 0 Å². The Morgan fingerprint density at radius 3 is 2.32 bits per heavy atom. The molecule has 1 heterocycles. The van der Waals surface area contributed by atoms with Crippen LogP contribution in [0.25, 0.3) is 32.9 Å². The molecule has 0 amide bonds. The van der Waals surface area contributed by atoms with Gasteiger partial charge in [0.15, 0.2) is 0 Å². The molecule has 0 atom stereocenters. The van der Waals surface area contributed by atoms with Crippen LogP contribution < -0.4 is 0 Å². The predicted molar refractivity (Wildman–Crippen MR) is 133 cm³/mol. The fourth-order valence-electron chi connectivity index (χ4n) is 3.87. The van der Waals surface area contributed by atoms with Crippen molar-refractivity contribution in [3.05, 3.63) is 96.6 Å². The minimum Gasteiger partial charge on any atom is -0.507 e. The van der Waals surface area contributed by atoms with E-state index in [0.717, 1.165) is 27.2 Å². The van der Waals surface area contributed by atoms with E-state index in [4.69, 9.17) is 9.72 Å². The number of fused-ring (bicyclic) bond motifs is 2. The molecule has 34 heavy (non-hydrogen) atoms. The number of para-hydroxylation sites is 1. The Kier molecular flexibility index (Phi) is 5.70. The van der Waals surface area contributed by atoms with Gasteiger partial charge in [0.05, 0.1) is 34.8 Å². The van der Waals surface area contributed by atoms with Crippen LogP contribution in [0.1, 0.15) is 17.3 Å². The number of pyridine rings is 1. The molecule has 0 fully saturated rings. The second-order valence-electron chi connectivity index (χ2n) is 7.69. The van der Waals surface area contributed by atoms with Crippen LogP contribution in [0.15, 0.2) is 101 Å². The van der Waals surface area contributed by atoms with Crippen LogP contribution in [0.2, 0.25) is 0 Å². The fourth-order valence-corrected chi connectivity index (χ4v) is 3.87. The average Bonchev–Trinajstić information content (AvgIpc) is 2.88. The molecule has 0 saturated carbocycles. The van der Waals surface area contributed by atoms with Gasteiger partial charge in [-0.3, -0.25) is 0 Å². The van der Waals surface area contributed by atoms with Crippen LogP contribution in [0, 0.1) is 0 Å². The van der Waals surface area contributed by atoms with E-state index in [0.29, 0.717) is 29.2 Å². The molecule has 5 aromatic rings. The maximum Gasteiger partial charge on any atom is 0.338 e. The first kappa shape index (κ1) is 21.3. The minimum atomic E-state index is -0.367.